The molecule has 4 aromatic carbocycles. The maximum atomic E-state index is 11.1. The van der Waals surface area contributed by atoms with Crippen LogP contribution in [0.5, 0.6) is 5.75 Å². The largest absolute Gasteiger partial charge is 0.507 e. The average Bonchev–Trinajstić information content (AvgIpc) is 3.25. The second-order valence-electron chi connectivity index (χ2n) is 6.74. The molecule has 1 aromatic heterocycles. The monoisotopic (exact) mass is 362 g/mol. The lowest BCUT2D eigenvalue weighted by Crippen LogP contribution is -1.91. The first-order valence-electron chi connectivity index (χ1n) is 9.21. The molecule has 0 aliphatic heterocycles. The van der Waals surface area contributed by atoms with Gasteiger partial charge in [0.2, 0.25) is 0 Å². The van der Waals surface area contributed by atoms with E-state index in [0.717, 1.165) is 32.7 Å². The van der Waals surface area contributed by atoms with Gasteiger partial charge in [-0.1, -0.05) is 60.7 Å². The van der Waals surface area contributed by atoms with Crippen molar-refractivity contribution < 1.29 is 5.11 Å². The summed E-state index contributed by atoms with van der Waals surface area (Å²) in [6, 6.07) is 28.4. The van der Waals surface area contributed by atoms with Crippen LogP contribution in [0.3, 0.4) is 0 Å². The molecule has 0 aliphatic rings. The molecule has 0 saturated heterocycles. The van der Waals surface area contributed by atoms with Crippen LogP contribution in [0.15, 0.2) is 102 Å². The van der Waals surface area contributed by atoms with E-state index in [1.54, 1.807) is 10.9 Å². The van der Waals surface area contributed by atoms with Gasteiger partial charge in [-0.05, 0) is 45.8 Å². The average molecular weight is 362 g/mol. The van der Waals surface area contributed by atoms with Crippen molar-refractivity contribution in [2.24, 2.45) is 5.10 Å². The van der Waals surface area contributed by atoms with Crippen LogP contribution in [0, 0.1) is 0 Å². The summed E-state index contributed by atoms with van der Waals surface area (Å²) < 4.78 is 1.71. The number of aromatic nitrogens is 1. The number of hydrogen-bond acceptors (Lipinski definition) is 2. The van der Waals surface area contributed by atoms with E-state index in [-0.39, 0.29) is 5.75 Å². The lowest BCUT2D eigenvalue weighted by Gasteiger charge is -2.14. The van der Waals surface area contributed by atoms with Gasteiger partial charge >= 0.3 is 0 Å². The number of nitrogens with zero attached hydrogens (tertiary/aromatic N) is 2. The van der Waals surface area contributed by atoms with Gasteiger partial charge in [0.25, 0.3) is 0 Å². The van der Waals surface area contributed by atoms with Crippen molar-refractivity contribution in [1.29, 1.82) is 0 Å². The summed E-state index contributed by atoms with van der Waals surface area (Å²) in [6.45, 7) is 0. The number of para-hydroxylation sites is 1. The van der Waals surface area contributed by atoms with Crippen molar-refractivity contribution in [2.45, 2.75) is 0 Å². The molecule has 1 heterocycles. The molecule has 134 valence electrons. The van der Waals surface area contributed by atoms with E-state index < -0.39 is 0 Å². The Kier molecular flexibility index (Phi) is 3.91. The third-order valence-corrected chi connectivity index (χ3v) is 5.03. The van der Waals surface area contributed by atoms with Gasteiger partial charge in [0.1, 0.15) is 5.75 Å². The molecule has 3 nitrogen and oxygen atoms in total. The predicted octanol–water partition coefficient (Wildman–Crippen LogP) is 6.05. The van der Waals surface area contributed by atoms with Crippen LogP contribution in [0.4, 0.5) is 0 Å². The second kappa shape index (κ2) is 6.71. The van der Waals surface area contributed by atoms with Gasteiger partial charge in [-0.15, -0.1) is 0 Å². The van der Waals surface area contributed by atoms with E-state index in [2.05, 4.69) is 35.4 Å². The summed E-state index contributed by atoms with van der Waals surface area (Å²) in [5.41, 5.74) is 2.54. The minimum atomic E-state index is 0.236. The van der Waals surface area contributed by atoms with E-state index in [4.69, 9.17) is 0 Å². The minimum absolute atomic E-state index is 0.236. The van der Waals surface area contributed by atoms with E-state index in [1.165, 1.54) is 0 Å². The molecule has 5 aromatic rings. The zero-order chi connectivity index (χ0) is 18.9. The Morgan fingerprint density at radius 1 is 0.714 bits per heavy atom. The molecule has 0 unspecified atom stereocenters. The van der Waals surface area contributed by atoms with Gasteiger partial charge in [-0.3, -0.25) is 0 Å². The van der Waals surface area contributed by atoms with Crippen LogP contribution in [0.2, 0.25) is 0 Å². The smallest absolute Gasteiger partial charge is 0.132 e. The van der Waals surface area contributed by atoms with Crippen LogP contribution in [0.1, 0.15) is 5.56 Å². The lowest BCUT2D eigenvalue weighted by atomic mass is 9.91. The quantitative estimate of drug-likeness (QED) is 0.308. The number of phenolic OH excluding ortho intramolecular Hbond substituents is 1. The first kappa shape index (κ1) is 16.3. The topological polar surface area (TPSA) is 37.5 Å². The Morgan fingerprint density at radius 3 is 2.04 bits per heavy atom. The van der Waals surface area contributed by atoms with Crippen molar-refractivity contribution in [3.63, 3.8) is 0 Å². The number of benzene rings is 4. The van der Waals surface area contributed by atoms with Crippen LogP contribution in [-0.2, 0) is 0 Å². The van der Waals surface area contributed by atoms with Crippen LogP contribution in [-0.4, -0.2) is 16.0 Å². The Bertz CT molecular complexity index is 1260. The van der Waals surface area contributed by atoms with E-state index in [0.29, 0.717) is 5.56 Å². The van der Waals surface area contributed by atoms with Gasteiger partial charge < -0.3 is 5.11 Å². The zero-order valence-electron chi connectivity index (χ0n) is 15.2. The summed E-state index contributed by atoms with van der Waals surface area (Å²) in [5, 5.41) is 20.0. The molecule has 0 atom stereocenters. The molecule has 5 rings (SSSR count). The Morgan fingerprint density at radius 2 is 1.36 bits per heavy atom. The fourth-order valence-corrected chi connectivity index (χ4v) is 3.70. The Balaban J connectivity index is 1.77. The molecule has 0 aliphatic carbocycles. The number of phenols is 1. The summed E-state index contributed by atoms with van der Waals surface area (Å²) in [4.78, 5) is 0. The standard InChI is InChI=1S/C25H18N2O/c28-25-20(17-26-27-14-5-6-15-27)10-7-13-23(25)24-21-11-3-1-8-18(21)16-19-9-2-4-12-22(19)24/h1-17,28H/b26-17+. The highest BCUT2D eigenvalue weighted by molar-refractivity contribution is 6.14. The van der Waals surface area contributed by atoms with Gasteiger partial charge in [-0.2, -0.15) is 5.10 Å². The van der Waals surface area contributed by atoms with E-state index in [9.17, 15) is 5.11 Å². The van der Waals surface area contributed by atoms with Crippen molar-refractivity contribution in [3.05, 3.63) is 103 Å². The third-order valence-electron chi connectivity index (χ3n) is 5.03. The fraction of sp³-hybridized carbons (Fsp3) is 0. The number of hydrogen-bond donors (Lipinski definition) is 1. The second-order valence-corrected chi connectivity index (χ2v) is 6.74. The highest BCUT2D eigenvalue weighted by atomic mass is 16.3. The fourth-order valence-electron chi connectivity index (χ4n) is 3.70. The van der Waals surface area contributed by atoms with Gasteiger partial charge in [0.15, 0.2) is 0 Å². The predicted molar refractivity (Wildman–Crippen MR) is 116 cm³/mol. The van der Waals surface area contributed by atoms with Crippen molar-refractivity contribution in [2.75, 3.05) is 0 Å². The number of fused-ring (bicyclic) bond motifs is 2. The number of aromatic hydroxyl groups is 1. The van der Waals surface area contributed by atoms with E-state index >= 15 is 0 Å². The first-order valence-corrected chi connectivity index (χ1v) is 9.21. The minimum Gasteiger partial charge on any atom is -0.507 e. The molecule has 0 radical (unpaired) electrons. The summed E-state index contributed by atoms with van der Waals surface area (Å²) in [7, 11) is 0. The van der Waals surface area contributed by atoms with E-state index in [1.807, 2.05) is 67.0 Å². The summed E-state index contributed by atoms with van der Waals surface area (Å²) >= 11 is 0. The SMILES string of the molecule is Oc1c(/C=N/n2cccc2)cccc1-c1c2ccccc2cc2ccccc12. The van der Waals surface area contributed by atoms with Crippen molar-refractivity contribution >= 4 is 27.8 Å². The van der Waals surface area contributed by atoms with Gasteiger partial charge in [0.05, 0.1) is 6.21 Å². The van der Waals surface area contributed by atoms with Crippen molar-refractivity contribution in [1.82, 2.24) is 4.68 Å². The highest BCUT2D eigenvalue weighted by Gasteiger charge is 2.14. The molecule has 3 heteroatoms. The van der Waals surface area contributed by atoms with Crippen LogP contribution in [0.25, 0.3) is 32.7 Å². The summed E-state index contributed by atoms with van der Waals surface area (Å²) in [6.07, 6.45) is 5.40. The molecular formula is C25H18N2O. The third kappa shape index (κ3) is 2.74. The zero-order valence-corrected chi connectivity index (χ0v) is 15.2. The van der Waals surface area contributed by atoms with Crippen molar-refractivity contribution in [3.8, 4) is 16.9 Å². The Labute approximate surface area is 162 Å². The maximum Gasteiger partial charge on any atom is 0.132 e. The Hall–Kier alpha value is -3.85. The van der Waals surface area contributed by atoms with Crippen LogP contribution < -0.4 is 0 Å². The molecule has 0 fully saturated rings. The molecule has 0 spiro atoms. The lowest BCUT2D eigenvalue weighted by molar-refractivity contribution is 0.476. The molecule has 28 heavy (non-hydrogen) atoms. The maximum absolute atomic E-state index is 11.1. The molecule has 0 saturated carbocycles. The molecule has 0 amide bonds. The molecule has 0 bridgehead atoms. The van der Waals surface area contributed by atoms with Gasteiger partial charge in [0, 0.05) is 29.1 Å². The summed E-state index contributed by atoms with van der Waals surface area (Å²) in [5.74, 6) is 0.236. The first-order chi connectivity index (χ1) is 13.8. The number of rotatable bonds is 3. The van der Waals surface area contributed by atoms with Crippen LogP contribution >= 0.6 is 0 Å². The van der Waals surface area contributed by atoms with Gasteiger partial charge in [-0.25, -0.2) is 4.68 Å². The normalized spacial score (nSPS) is 11.6. The molecule has 1 N–H and O–H groups in total. The molecular weight excluding hydrogens is 344 g/mol. The highest BCUT2D eigenvalue weighted by Crippen LogP contribution is 2.41.